The maximum atomic E-state index is 13.1. The molecule has 29 heavy (non-hydrogen) atoms. The zero-order valence-electron chi connectivity index (χ0n) is 16.3. The van der Waals surface area contributed by atoms with Crippen molar-refractivity contribution in [1.29, 1.82) is 0 Å². The number of nitrogens with two attached hydrogens (primary N) is 1. The third-order valence-electron chi connectivity index (χ3n) is 4.99. The van der Waals surface area contributed by atoms with Gasteiger partial charge >= 0.3 is 0 Å². The van der Waals surface area contributed by atoms with Gasteiger partial charge in [0.05, 0.1) is 6.54 Å². The molecule has 0 radical (unpaired) electrons. The van der Waals surface area contributed by atoms with E-state index in [4.69, 9.17) is 5.73 Å². The molecule has 3 aromatic rings. The van der Waals surface area contributed by atoms with Crippen LogP contribution in [0, 0.1) is 12.7 Å². The molecule has 1 fully saturated rings. The van der Waals surface area contributed by atoms with Gasteiger partial charge in [-0.1, -0.05) is 18.2 Å². The Bertz CT molecular complexity index is 969. The fourth-order valence-electron chi connectivity index (χ4n) is 3.49. The van der Waals surface area contributed by atoms with Gasteiger partial charge in [0, 0.05) is 37.6 Å². The lowest BCUT2D eigenvalue weighted by Crippen LogP contribution is -2.46. The second-order valence-corrected chi connectivity index (χ2v) is 7.12. The van der Waals surface area contributed by atoms with E-state index in [1.807, 2.05) is 0 Å². The van der Waals surface area contributed by atoms with E-state index >= 15 is 0 Å². The minimum absolute atomic E-state index is 0.165. The molecule has 3 N–H and O–H groups in total. The normalized spacial score (nSPS) is 14.8. The van der Waals surface area contributed by atoms with Crippen LogP contribution in [0.5, 0.6) is 0 Å². The van der Waals surface area contributed by atoms with E-state index < -0.39 is 0 Å². The average molecular weight is 393 g/mol. The van der Waals surface area contributed by atoms with E-state index in [2.05, 4.69) is 61.3 Å². The Balaban J connectivity index is 1.39. The summed E-state index contributed by atoms with van der Waals surface area (Å²) in [5, 5.41) is 3.05. The SMILES string of the molecule is Cc1ccccc1N1CCN(Cc2nc(N)nc(Nc3ccc(F)cc3)n2)CC1. The van der Waals surface area contributed by atoms with Crippen molar-refractivity contribution in [2.75, 3.05) is 42.1 Å². The summed E-state index contributed by atoms with van der Waals surface area (Å²) >= 11 is 0. The maximum Gasteiger partial charge on any atom is 0.232 e. The van der Waals surface area contributed by atoms with Crippen LogP contribution in [0.2, 0.25) is 0 Å². The molecule has 1 aliphatic rings. The summed E-state index contributed by atoms with van der Waals surface area (Å²) in [6.45, 7) is 6.48. The van der Waals surface area contributed by atoms with E-state index in [1.54, 1.807) is 12.1 Å². The van der Waals surface area contributed by atoms with Crippen molar-refractivity contribution in [2.24, 2.45) is 0 Å². The van der Waals surface area contributed by atoms with Crippen LogP contribution in [0.15, 0.2) is 48.5 Å². The number of hydrogen-bond acceptors (Lipinski definition) is 7. The molecule has 4 rings (SSSR count). The Morgan fingerprint density at radius 3 is 2.41 bits per heavy atom. The lowest BCUT2D eigenvalue weighted by atomic mass is 10.1. The highest BCUT2D eigenvalue weighted by atomic mass is 19.1. The Morgan fingerprint density at radius 1 is 0.966 bits per heavy atom. The standard InChI is InChI=1S/C21H24FN7/c1-15-4-2-3-5-18(15)29-12-10-28(11-13-29)14-19-25-20(23)27-21(26-19)24-17-8-6-16(22)7-9-17/h2-9H,10-14H2,1H3,(H3,23,24,25,26,27). The van der Waals surface area contributed by atoms with Gasteiger partial charge in [0.25, 0.3) is 0 Å². The van der Waals surface area contributed by atoms with Crippen LogP contribution in [0.3, 0.4) is 0 Å². The molecule has 1 aliphatic heterocycles. The predicted molar refractivity (Wildman–Crippen MR) is 113 cm³/mol. The highest BCUT2D eigenvalue weighted by molar-refractivity contribution is 5.54. The number of nitrogens with zero attached hydrogens (tertiary/aromatic N) is 5. The lowest BCUT2D eigenvalue weighted by Gasteiger charge is -2.36. The second kappa shape index (κ2) is 8.40. The highest BCUT2D eigenvalue weighted by Gasteiger charge is 2.19. The number of piperazine rings is 1. The summed E-state index contributed by atoms with van der Waals surface area (Å²) < 4.78 is 13.1. The summed E-state index contributed by atoms with van der Waals surface area (Å²) in [6, 6.07) is 14.5. The van der Waals surface area contributed by atoms with E-state index in [0.717, 1.165) is 26.2 Å². The van der Waals surface area contributed by atoms with Crippen molar-refractivity contribution >= 4 is 23.3 Å². The van der Waals surface area contributed by atoms with E-state index in [9.17, 15) is 4.39 Å². The summed E-state index contributed by atoms with van der Waals surface area (Å²) in [7, 11) is 0. The number of hydrogen-bond donors (Lipinski definition) is 2. The minimum atomic E-state index is -0.295. The molecule has 7 nitrogen and oxygen atoms in total. The first-order valence-corrected chi connectivity index (χ1v) is 9.63. The van der Waals surface area contributed by atoms with Gasteiger partial charge in [-0.2, -0.15) is 15.0 Å². The van der Waals surface area contributed by atoms with Crippen molar-refractivity contribution in [2.45, 2.75) is 13.5 Å². The lowest BCUT2D eigenvalue weighted by molar-refractivity contribution is 0.244. The monoisotopic (exact) mass is 393 g/mol. The van der Waals surface area contributed by atoms with Crippen LogP contribution in [0.25, 0.3) is 0 Å². The van der Waals surface area contributed by atoms with Gasteiger partial charge in [0.15, 0.2) is 0 Å². The van der Waals surface area contributed by atoms with Crippen molar-refractivity contribution in [3.63, 3.8) is 0 Å². The van der Waals surface area contributed by atoms with Crippen LogP contribution in [-0.4, -0.2) is 46.0 Å². The molecule has 0 spiro atoms. The molecule has 0 saturated carbocycles. The number of aromatic nitrogens is 3. The van der Waals surface area contributed by atoms with Crippen molar-refractivity contribution in [1.82, 2.24) is 19.9 Å². The number of rotatable bonds is 5. The first kappa shape index (κ1) is 19.1. The first-order valence-electron chi connectivity index (χ1n) is 9.63. The van der Waals surface area contributed by atoms with Gasteiger partial charge in [-0.3, -0.25) is 4.90 Å². The molecule has 0 unspecified atom stereocenters. The van der Waals surface area contributed by atoms with Crippen molar-refractivity contribution in [3.8, 4) is 0 Å². The number of nitrogens with one attached hydrogen (secondary N) is 1. The van der Waals surface area contributed by atoms with Gasteiger partial charge in [-0.15, -0.1) is 0 Å². The molecule has 2 aromatic carbocycles. The summed E-state index contributed by atoms with van der Waals surface area (Å²) in [4.78, 5) is 17.6. The Hall–Kier alpha value is -3.26. The molecule has 0 aliphatic carbocycles. The van der Waals surface area contributed by atoms with Crippen LogP contribution < -0.4 is 16.0 Å². The van der Waals surface area contributed by atoms with Crippen molar-refractivity contribution < 1.29 is 4.39 Å². The molecular weight excluding hydrogens is 369 g/mol. The summed E-state index contributed by atoms with van der Waals surface area (Å²) in [5.74, 6) is 0.846. The van der Waals surface area contributed by atoms with Crippen LogP contribution >= 0.6 is 0 Å². The van der Waals surface area contributed by atoms with Crippen LogP contribution in [-0.2, 0) is 6.54 Å². The van der Waals surface area contributed by atoms with Gasteiger partial charge in [0.2, 0.25) is 11.9 Å². The van der Waals surface area contributed by atoms with E-state index in [-0.39, 0.29) is 11.8 Å². The second-order valence-electron chi connectivity index (χ2n) is 7.12. The van der Waals surface area contributed by atoms with Gasteiger partial charge in [-0.05, 0) is 42.8 Å². The smallest absolute Gasteiger partial charge is 0.232 e. The Morgan fingerprint density at radius 2 is 1.69 bits per heavy atom. The summed E-state index contributed by atoms with van der Waals surface area (Å²) in [6.07, 6.45) is 0. The number of benzene rings is 2. The number of anilines is 4. The third kappa shape index (κ3) is 4.78. The number of nitrogen functional groups attached to an aromatic ring is 1. The molecule has 0 amide bonds. The molecule has 8 heteroatoms. The Labute approximate surface area is 169 Å². The van der Waals surface area contributed by atoms with Crippen LogP contribution in [0.4, 0.5) is 27.7 Å². The molecule has 1 saturated heterocycles. The number of para-hydroxylation sites is 1. The van der Waals surface area contributed by atoms with Crippen molar-refractivity contribution in [3.05, 3.63) is 65.7 Å². The Kier molecular flexibility index (Phi) is 5.53. The topological polar surface area (TPSA) is 83.2 Å². The zero-order chi connectivity index (χ0) is 20.2. The first-order chi connectivity index (χ1) is 14.1. The van der Waals surface area contributed by atoms with Gasteiger partial charge in [-0.25, -0.2) is 4.39 Å². The highest BCUT2D eigenvalue weighted by Crippen LogP contribution is 2.21. The molecule has 2 heterocycles. The quantitative estimate of drug-likeness (QED) is 0.689. The molecule has 150 valence electrons. The molecule has 0 bridgehead atoms. The molecular formula is C21H24FN7. The third-order valence-corrected chi connectivity index (χ3v) is 4.99. The fourth-order valence-corrected chi connectivity index (χ4v) is 3.49. The van der Waals surface area contributed by atoms with E-state index in [0.29, 0.717) is 24.0 Å². The zero-order valence-corrected chi connectivity index (χ0v) is 16.3. The molecule has 0 atom stereocenters. The molecule has 1 aromatic heterocycles. The van der Waals surface area contributed by atoms with Gasteiger partial charge < -0.3 is 16.0 Å². The van der Waals surface area contributed by atoms with Crippen LogP contribution in [0.1, 0.15) is 11.4 Å². The summed E-state index contributed by atoms with van der Waals surface area (Å²) in [5.41, 5.74) is 9.15. The minimum Gasteiger partial charge on any atom is -0.369 e. The number of aryl methyl sites for hydroxylation is 1. The van der Waals surface area contributed by atoms with Gasteiger partial charge in [0.1, 0.15) is 11.6 Å². The maximum absolute atomic E-state index is 13.1. The predicted octanol–water partition coefficient (Wildman–Crippen LogP) is 2.97. The largest absolute Gasteiger partial charge is 0.369 e. The fraction of sp³-hybridized carbons (Fsp3) is 0.286. The van der Waals surface area contributed by atoms with E-state index in [1.165, 1.54) is 23.4 Å². The number of halogens is 1. The average Bonchev–Trinajstić information content (AvgIpc) is 2.70.